The van der Waals surface area contributed by atoms with Crippen LogP contribution in [0.5, 0.6) is 0 Å². The molecule has 0 spiro atoms. The molecule has 0 atom stereocenters. The van der Waals surface area contributed by atoms with Crippen molar-refractivity contribution in [2.75, 3.05) is 13.1 Å². The Morgan fingerprint density at radius 3 is 2.81 bits per heavy atom. The van der Waals surface area contributed by atoms with E-state index in [0.29, 0.717) is 37.4 Å². The number of hydrogen-bond donors (Lipinski definition) is 2. The van der Waals surface area contributed by atoms with Gasteiger partial charge in [-0.05, 0) is 44.0 Å². The summed E-state index contributed by atoms with van der Waals surface area (Å²) < 4.78 is 5.17. The lowest BCUT2D eigenvalue weighted by Gasteiger charge is -2.31. The summed E-state index contributed by atoms with van der Waals surface area (Å²) in [7, 11) is 0. The Balaban J connectivity index is 1.39. The van der Waals surface area contributed by atoms with Gasteiger partial charge in [-0.3, -0.25) is 14.7 Å². The third-order valence-corrected chi connectivity index (χ3v) is 4.78. The number of fused-ring (bicyclic) bond motifs is 1. The van der Waals surface area contributed by atoms with Crippen molar-refractivity contribution in [3.8, 4) is 0 Å². The fourth-order valence-electron chi connectivity index (χ4n) is 3.34. The van der Waals surface area contributed by atoms with Gasteiger partial charge in [-0.15, -0.1) is 0 Å². The van der Waals surface area contributed by atoms with Gasteiger partial charge in [0.05, 0.1) is 11.8 Å². The van der Waals surface area contributed by atoms with E-state index in [-0.39, 0.29) is 17.9 Å². The molecule has 3 heterocycles. The Labute approximate surface area is 150 Å². The molecule has 0 bridgehead atoms. The largest absolute Gasteiger partial charge is 0.459 e. The fourth-order valence-corrected chi connectivity index (χ4v) is 3.34. The number of hydrogen-bond acceptors (Lipinski definition) is 4. The molecule has 1 aliphatic rings. The van der Waals surface area contributed by atoms with Crippen molar-refractivity contribution >= 4 is 22.7 Å². The number of benzene rings is 1. The number of likely N-dealkylation sites (tertiary alicyclic amines) is 1. The number of carbonyl (C=O) groups excluding carboxylic acids is 2. The Morgan fingerprint density at radius 1 is 1.27 bits per heavy atom. The predicted molar refractivity (Wildman–Crippen MR) is 95.9 cm³/mol. The van der Waals surface area contributed by atoms with E-state index in [2.05, 4.69) is 15.5 Å². The Hall–Kier alpha value is -3.09. The molecule has 1 saturated heterocycles. The number of aromatic amines is 1. The zero-order chi connectivity index (χ0) is 18.1. The molecule has 0 aliphatic carbocycles. The second-order valence-electron chi connectivity index (χ2n) is 6.64. The van der Waals surface area contributed by atoms with E-state index in [1.54, 1.807) is 17.0 Å². The molecule has 26 heavy (non-hydrogen) atoms. The number of nitrogens with one attached hydrogen (secondary N) is 2. The number of furan rings is 1. The monoisotopic (exact) mass is 352 g/mol. The summed E-state index contributed by atoms with van der Waals surface area (Å²) in [6.07, 6.45) is 2.91. The lowest BCUT2D eigenvalue weighted by molar-refractivity contribution is 0.0667. The molecule has 7 heteroatoms. The van der Waals surface area contributed by atoms with Crippen LogP contribution in [0.25, 0.3) is 10.9 Å². The van der Waals surface area contributed by atoms with E-state index in [4.69, 9.17) is 4.42 Å². The summed E-state index contributed by atoms with van der Waals surface area (Å²) in [6.45, 7) is 3.16. The highest BCUT2D eigenvalue weighted by molar-refractivity contribution is 6.04. The molecule has 0 saturated carbocycles. The van der Waals surface area contributed by atoms with Gasteiger partial charge in [0.15, 0.2) is 11.5 Å². The molecule has 4 rings (SSSR count). The lowest BCUT2D eigenvalue weighted by Crippen LogP contribution is -2.46. The summed E-state index contributed by atoms with van der Waals surface area (Å²) in [5, 5.41) is 10.9. The van der Waals surface area contributed by atoms with Gasteiger partial charge in [0.1, 0.15) is 0 Å². The van der Waals surface area contributed by atoms with Crippen LogP contribution in [0.4, 0.5) is 0 Å². The van der Waals surface area contributed by atoms with Crippen molar-refractivity contribution in [2.45, 2.75) is 25.8 Å². The lowest BCUT2D eigenvalue weighted by atomic mass is 10.0. The minimum Gasteiger partial charge on any atom is -0.459 e. The van der Waals surface area contributed by atoms with E-state index in [0.717, 1.165) is 16.5 Å². The summed E-state index contributed by atoms with van der Waals surface area (Å²) in [5.41, 5.74) is 2.34. The molecule has 1 aliphatic heterocycles. The van der Waals surface area contributed by atoms with Gasteiger partial charge in [0, 0.05) is 24.5 Å². The van der Waals surface area contributed by atoms with Crippen LogP contribution < -0.4 is 5.32 Å². The van der Waals surface area contributed by atoms with Crippen LogP contribution in [0.15, 0.2) is 41.0 Å². The average molecular weight is 352 g/mol. The maximum atomic E-state index is 12.6. The Morgan fingerprint density at radius 2 is 2.08 bits per heavy atom. The molecular weight excluding hydrogens is 332 g/mol. The van der Waals surface area contributed by atoms with Gasteiger partial charge in [0.25, 0.3) is 11.8 Å². The van der Waals surface area contributed by atoms with Gasteiger partial charge < -0.3 is 14.6 Å². The zero-order valence-electron chi connectivity index (χ0n) is 14.5. The molecule has 2 N–H and O–H groups in total. The number of aromatic nitrogens is 2. The highest BCUT2D eigenvalue weighted by atomic mass is 16.3. The Bertz CT molecular complexity index is 937. The van der Waals surface area contributed by atoms with Crippen molar-refractivity contribution in [1.29, 1.82) is 0 Å². The van der Waals surface area contributed by atoms with Crippen LogP contribution in [0.3, 0.4) is 0 Å². The first-order chi connectivity index (χ1) is 12.6. The predicted octanol–water partition coefficient (Wildman–Crippen LogP) is 2.50. The van der Waals surface area contributed by atoms with Crippen LogP contribution >= 0.6 is 0 Å². The first-order valence-electron chi connectivity index (χ1n) is 8.70. The fraction of sp³-hybridized carbons (Fsp3) is 0.316. The Kier molecular flexibility index (Phi) is 4.20. The highest BCUT2D eigenvalue weighted by Gasteiger charge is 2.26. The summed E-state index contributed by atoms with van der Waals surface area (Å²) in [6, 6.07) is 9.26. The molecule has 3 aromatic rings. The van der Waals surface area contributed by atoms with Crippen molar-refractivity contribution in [1.82, 2.24) is 20.4 Å². The minimum atomic E-state index is -0.183. The maximum absolute atomic E-state index is 12.6. The van der Waals surface area contributed by atoms with Gasteiger partial charge in [-0.25, -0.2) is 0 Å². The molecule has 0 unspecified atom stereocenters. The zero-order valence-corrected chi connectivity index (χ0v) is 14.5. The van der Waals surface area contributed by atoms with Gasteiger partial charge in [-0.1, -0.05) is 11.6 Å². The number of H-pyrrole nitrogens is 1. The van der Waals surface area contributed by atoms with Crippen LogP contribution in [0.2, 0.25) is 0 Å². The normalized spacial score (nSPS) is 15.3. The maximum Gasteiger partial charge on any atom is 0.289 e. The summed E-state index contributed by atoms with van der Waals surface area (Å²) in [4.78, 5) is 26.7. The number of amides is 2. The van der Waals surface area contributed by atoms with E-state index in [1.165, 1.54) is 6.26 Å². The molecular formula is C19H20N4O3. The first-order valence-corrected chi connectivity index (χ1v) is 8.70. The van der Waals surface area contributed by atoms with Gasteiger partial charge in [-0.2, -0.15) is 5.10 Å². The van der Waals surface area contributed by atoms with Crippen molar-refractivity contribution in [2.24, 2.45) is 0 Å². The van der Waals surface area contributed by atoms with Crippen LogP contribution in [0.1, 0.15) is 39.4 Å². The number of nitrogens with zero attached hydrogens (tertiary/aromatic N) is 2. The molecule has 1 fully saturated rings. The van der Waals surface area contributed by atoms with Crippen LogP contribution in [-0.2, 0) is 0 Å². The van der Waals surface area contributed by atoms with E-state index < -0.39 is 0 Å². The van der Waals surface area contributed by atoms with Gasteiger partial charge in [0.2, 0.25) is 0 Å². The van der Waals surface area contributed by atoms with Crippen LogP contribution in [0, 0.1) is 6.92 Å². The first kappa shape index (κ1) is 16.4. The van der Waals surface area contributed by atoms with Crippen molar-refractivity contribution < 1.29 is 14.0 Å². The smallest absolute Gasteiger partial charge is 0.289 e. The quantitative estimate of drug-likeness (QED) is 0.758. The van der Waals surface area contributed by atoms with Crippen molar-refractivity contribution in [3.63, 3.8) is 0 Å². The van der Waals surface area contributed by atoms with Crippen LogP contribution in [-0.4, -0.2) is 46.0 Å². The van der Waals surface area contributed by atoms with Gasteiger partial charge >= 0.3 is 0 Å². The van der Waals surface area contributed by atoms with E-state index in [9.17, 15) is 9.59 Å². The second-order valence-corrected chi connectivity index (χ2v) is 6.64. The highest BCUT2D eigenvalue weighted by Crippen LogP contribution is 2.19. The number of rotatable bonds is 3. The average Bonchev–Trinajstić information content (AvgIpc) is 3.31. The molecule has 2 aromatic heterocycles. The second kappa shape index (κ2) is 6.67. The molecule has 0 radical (unpaired) electrons. The molecule has 2 amide bonds. The number of piperidine rings is 1. The molecule has 7 nitrogen and oxygen atoms in total. The molecule has 134 valence electrons. The SMILES string of the molecule is Cc1ccc2[nH]nc(C(=O)NC3CCN(C(=O)c4ccco4)CC3)c2c1. The van der Waals surface area contributed by atoms with E-state index in [1.807, 2.05) is 25.1 Å². The minimum absolute atomic E-state index is 0.0275. The van der Waals surface area contributed by atoms with Crippen molar-refractivity contribution in [3.05, 3.63) is 53.6 Å². The van der Waals surface area contributed by atoms with E-state index >= 15 is 0 Å². The summed E-state index contributed by atoms with van der Waals surface area (Å²) in [5.74, 6) is 0.0667. The topological polar surface area (TPSA) is 91.2 Å². The number of carbonyl (C=O) groups is 2. The third-order valence-electron chi connectivity index (χ3n) is 4.78. The number of aryl methyl sites for hydroxylation is 1. The summed E-state index contributed by atoms with van der Waals surface area (Å²) >= 11 is 0. The standard InChI is InChI=1S/C19H20N4O3/c1-12-4-5-15-14(11-12)17(22-21-15)18(24)20-13-6-8-23(9-7-13)19(25)16-3-2-10-26-16/h2-5,10-11,13H,6-9H2,1H3,(H,20,24)(H,21,22). The molecule has 1 aromatic carbocycles. The third kappa shape index (κ3) is 3.08.